The predicted octanol–water partition coefficient (Wildman–Crippen LogP) is 3.93. The Balaban J connectivity index is 1.60. The van der Waals surface area contributed by atoms with Crippen LogP contribution in [0.25, 0.3) is 0 Å². The van der Waals surface area contributed by atoms with Crippen LogP contribution < -0.4 is 20.7 Å². The molecule has 0 radical (unpaired) electrons. The summed E-state index contributed by atoms with van der Waals surface area (Å²) >= 11 is 0. The van der Waals surface area contributed by atoms with Gasteiger partial charge in [0.1, 0.15) is 23.7 Å². The highest BCUT2D eigenvalue weighted by Gasteiger charge is 2.56. The second-order valence-electron chi connectivity index (χ2n) is 10.0. The van der Waals surface area contributed by atoms with Gasteiger partial charge < -0.3 is 20.7 Å². The number of likely N-dealkylation sites (N-methyl/N-ethyl adjacent to an activating group) is 1. The fourth-order valence-corrected chi connectivity index (χ4v) is 5.40. The first-order valence-corrected chi connectivity index (χ1v) is 12.8. The molecule has 1 aromatic heterocycles. The summed E-state index contributed by atoms with van der Waals surface area (Å²) in [4.78, 5) is 45.9. The number of β-lactam (4-membered cyclic amide) rings is 1. The Kier molecular flexibility index (Phi) is 8.31. The third-order valence-corrected chi connectivity index (χ3v) is 7.53. The molecule has 2 aliphatic rings. The number of carbonyl (C=O) groups excluding carboxylic acids is 3. The zero-order chi connectivity index (χ0) is 28.3. The minimum atomic E-state index is -4.70. The molecule has 1 saturated carbocycles. The molecule has 1 saturated heterocycles. The van der Waals surface area contributed by atoms with E-state index in [-0.39, 0.29) is 12.2 Å². The molecule has 2 heterocycles. The van der Waals surface area contributed by atoms with E-state index in [0.717, 1.165) is 6.42 Å². The van der Waals surface area contributed by atoms with E-state index in [2.05, 4.69) is 10.3 Å². The number of imide groups is 1. The number of methoxy groups -OCH3 is 1. The minimum Gasteiger partial charge on any atom is -0.497 e. The summed E-state index contributed by atoms with van der Waals surface area (Å²) in [6.45, 7) is 0. The van der Waals surface area contributed by atoms with Crippen molar-refractivity contribution in [1.29, 1.82) is 0 Å². The predicted molar refractivity (Wildman–Crippen MR) is 138 cm³/mol. The molecule has 0 unspecified atom stereocenters. The van der Waals surface area contributed by atoms with Crippen LogP contribution in [0, 0.1) is 11.8 Å². The topological polar surface area (TPSA) is 118 Å². The summed E-state index contributed by atoms with van der Waals surface area (Å²) in [6, 6.07) is 5.09. The number of nitrogen functional groups attached to an aromatic ring is 1. The summed E-state index contributed by atoms with van der Waals surface area (Å²) in [5.41, 5.74) is 6.82. The number of likely N-dealkylation sites (tertiary alicyclic amines) is 1. The van der Waals surface area contributed by atoms with Crippen LogP contribution in [0.5, 0.6) is 5.75 Å². The Hall–Kier alpha value is -3.83. The van der Waals surface area contributed by atoms with Gasteiger partial charge in [-0.1, -0.05) is 19.3 Å². The molecular weight excluding hydrogens is 515 g/mol. The van der Waals surface area contributed by atoms with Gasteiger partial charge in [0.05, 0.1) is 13.0 Å². The normalized spacial score (nSPS) is 20.6. The molecule has 2 aromatic rings. The second kappa shape index (κ2) is 11.5. The lowest BCUT2D eigenvalue weighted by molar-refractivity contribution is -0.170. The van der Waals surface area contributed by atoms with Gasteiger partial charge >= 0.3 is 12.2 Å². The molecule has 210 valence electrons. The van der Waals surface area contributed by atoms with Crippen LogP contribution in [-0.2, 0) is 16.0 Å². The van der Waals surface area contributed by atoms with Crippen molar-refractivity contribution in [3.8, 4) is 5.75 Å². The maximum absolute atomic E-state index is 14.0. The number of hydrogen-bond acceptors (Lipinski definition) is 6. The first-order chi connectivity index (χ1) is 18.5. The lowest BCUT2D eigenvalue weighted by Gasteiger charge is -2.46. The molecule has 2 fully saturated rings. The van der Waals surface area contributed by atoms with Gasteiger partial charge in [-0.25, -0.2) is 9.78 Å². The maximum Gasteiger partial charge on any atom is 0.408 e. The Labute approximate surface area is 224 Å². The van der Waals surface area contributed by atoms with Crippen molar-refractivity contribution in [3.63, 3.8) is 0 Å². The number of pyridine rings is 1. The smallest absolute Gasteiger partial charge is 0.408 e. The number of halogens is 3. The molecule has 3 N–H and O–H groups in total. The van der Waals surface area contributed by atoms with E-state index >= 15 is 0 Å². The van der Waals surface area contributed by atoms with E-state index in [1.165, 1.54) is 25.3 Å². The van der Waals surface area contributed by atoms with E-state index in [1.54, 1.807) is 36.4 Å². The van der Waals surface area contributed by atoms with E-state index < -0.39 is 47.9 Å². The van der Waals surface area contributed by atoms with Gasteiger partial charge in [0.2, 0.25) is 5.91 Å². The lowest BCUT2D eigenvalue weighted by atomic mass is 9.81. The van der Waals surface area contributed by atoms with Crippen molar-refractivity contribution in [2.45, 2.75) is 56.8 Å². The number of hydrogen-bond donors (Lipinski definition) is 2. The number of ether oxygens (including phenoxy) is 1. The van der Waals surface area contributed by atoms with Crippen LogP contribution in [0.3, 0.4) is 0 Å². The summed E-state index contributed by atoms with van der Waals surface area (Å²) in [7, 11) is 2.98. The van der Waals surface area contributed by atoms with Crippen molar-refractivity contribution in [2.24, 2.45) is 11.8 Å². The van der Waals surface area contributed by atoms with E-state index in [1.807, 2.05) is 0 Å². The van der Waals surface area contributed by atoms with Gasteiger partial charge in [0.25, 0.3) is 5.91 Å². The Morgan fingerprint density at radius 3 is 2.44 bits per heavy atom. The number of anilines is 2. The summed E-state index contributed by atoms with van der Waals surface area (Å²) in [6.07, 6.45) is -0.403. The van der Waals surface area contributed by atoms with Crippen molar-refractivity contribution < 1.29 is 32.3 Å². The monoisotopic (exact) mass is 547 g/mol. The lowest BCUT2D eigenvalue weighted by Crippen LogP contribution is -2.71. The number of rotatable bonds is 7. The fraction of sp³-hybridized carbons (Fsp3) is 0.481. The van der Waals surface area contributed by atoms with Crippen LogP contribution in [0.2, 0.25) is 0 Å². The van der Waals surface area contributed by atoms with E-state index in [9.17, 15) is 27.6 Å². The second-order valence-corrected chi connectivity index (χ2v) is 10.0. The number of benzene rings is 1. The molecule has 39 heavy (non-hydrogen) atoms. The van der Waals surface area contributed by atoms with Crippen LogP contribution in [0.1, 0.15) is 37.7 Å². The first kappa shape index (κ1) is 28.2. The van der Waals surface area contributed by atoms with E-state index in [4.69, 9.17) is 10.5 Å². The quantitative estimate of drug-likeness (QED) is 0.508. The molecule has 4 amide bonds. The van der Waals surface area contributed by atoms with Gasteiger partial charge in [-0.15, -0.1) is 0 Å². The number of nitrogens with zero attached hydrogens (tertiary/aromatic N) is 3. The van der Waals surface area contributed by atoms with Crippen LogP contribution in [-0.4, -0.2) is 60.1 Å². The average Bonchev–Trinajstić information content (AvgIpc) is 2.92. The third-order valence-electron chi connectivity index (χ3n) is 7.53. The minimum absolute atomic E-state index is 0.0630. The van der Waals surface area contributed by atoms with Crippen molar-refractivity contribution in [2.75, 3.05) is 24.8 Å². The zero-order valence-electron chi connectivity index (χ0n) is 21.8. The van der Waals surface area contributed by atoms with Crippen LogP contribution >= 0.6 is 0 Å². The SMILES string of the molecule is COc1ccc(N(C)C(=O)[C@@H]2[C@H](Cc3ccnc(N)c3)C(=O)N2C(=O)N[C@@H](C2CCCCC2)C(F)(F)F)cc1. The van der Waals surface area contributed by atoms with Crippen molar-refractivity contribution >= 4 is 29.4 Å². The Bertz CT molecular complexity index is 1200. The maximum atomic E-state index is 14.0. The highest BCUT2D eigenvalue weighted by molar-refractivity contribution is 6.12. The highest BCUT2D eigenvalue weighted by atomic mass is 19.4. The van der Waals surface area contributed by atoms with Gasteiger partial charge in [-0.05, 0) is 67.1 Å². The molecule has 12 heteroatoms. The number of carbonyl (C=O) groups is 3. The average molecular weight is 548 g/mol. The Morgan fingerprint density at radius 1 is 1.18 bits per heavy atom. The number of urea groups is 1. The molecule has 1 aliphatic carbocycles. The molecule has 1 aromatic carbocycles. The van der Waals surface area contributed by atoms with Crippen LogP contribution in [0.15, 0.2) is 42.6 Å². The summed E-state index contributed by atoms with van der Waals surface area (Å²) < 4.78 is 47.1. The van der Waals surface area contributed by atoms with E-state index in [0.29, 0.717) is 47.6 Å². The highest BCUT2D eigenvalue weighted by Crippen LogP contribution is 2.37. The molecule has 9 nitrogen and oxygen atoms in total. The van der Waals surface area contributed by atoms with Gasteiger partial charge in [0, 0.05) is 18.9 Å². The standard InChI is InChI=1S/C27H32F3N5O4/c1-34(18-8-10-19(39-2)11-9-18)25(37)22-20(14-16-12-13-32-21(31)15-16)24(36)35(22)26(38)33-23(27(28,29)30)17-6-4-3-5-7-17/h8-13,15,17,20,22-23H,3-7,14H2,1-2H3,(H2,31,32)(H,33,38)/t20-,22-,23-/m0/s1. The number of nitrogens with one attached hydrogen (secondary N) is 1. The number of amides is 4. The number of alkyl halides is 3. The summed E-state index contributed by atoms with van der Waals surface area (Å²) in [5.74, 6) is -2.31. The molecular formula is C27H32F3N5O4. The van der Waals surface area contributed by atoms with Gasteiger partial charge in [0.15, 0.2) is 0 Å². The third kappa shape index (κ3) is 6.10. The molecule has 0 bridgehead atoms. The van der Waals surface area contributed by atoms with Crippen molar-refractivity contribution in [1.82, 2.24) is 15.2 Å². The first-order valence-electron chi connectivity index (χ1n) is 12.8. The number of aromatic nitrogens is 1. The Morgan fingerprint density at radius 2 is 1.85 bits per heavy atom. The van der Waals surface area contributed by atoms with Crippen molar-refractivity contribution in [3.05, 3.63) is 48.2 Å². The zero-order valence-corrected chi connectivity index (χ0v) is 21.8. The molecule has 4 rings (SSSR count). The molecule has 3 atom stereocenters. The van der Waals surface area contributed by atoms with Gasteiger partial charge in [-0.2, -0.15) is 13.2 Å². The van der Waals surface area contributed by atoms with Gasteiger partial charge in [-0.3, -0.25) is 14.5 Å². The molecule has 0 spiro atoms. The fourth-order valence-electron chi connectivity index (χ4n) is 5.40. The van der Waals surface area contributed by atoms with Crippen LogP contribution in [0.4, 0.5) is 29.5 Å². The summed E-state index contributed by atoms with van der Waals surface area (Å²) in [5, 5.41) is 2.06. The largest absolute Gasteiger partial charge is 0.497 e. The number of nitrogens with two attached hydrogens (primary N) is 1. The molecule has 1 aliphatic heterocycles.